The summed E-state index contributed by atoms with van der Waals surface area (Å²) >= 11 is 0. The van der Waals surface area contributed by atoms with Crippen LogP contribution in [0.5, 0.6) is 11.5 Å². The fourth-order valence-electron chi connectivity index (χ4n) is 4.61. The van der Waals surface area contributed by atoms with Crippen LogP contribution in [0.1, 0.15) is 50.8 Å². The van der Waals surface area contributed by atoms with Crippen molar-refractivity contribution in [3.63, 3.8) is 0 Å². The van der Waals surface area contributed by atoms with Gasteiger partial charge in [-0.2, -0.15) is 0 Å². The minimum Gasteiger partial charge on any atom is -0.497 e. The topological polar surface area (TPSA) is 105 Å². The van der Waals surface area contributed by atoms with E-state index in [1.54, 1.807) is 24.3 Å². The van der Waals surface area contributed by atoms with Crippen LogP contribution in [0.15, 0.2) is 71.6 Å². The predicted molar refractivity (Wildman–Crippen MR) is 169 cm³/mol. The van der Waals surface area contributed by atoms with Gasteiger partial charge in [0.15, 0.2) is 0 Å². The second-order valence-electron chi connectivity index (χ2n) is 11.5. The Labute approximate surface area is 255 Å². The van der Waals surface area contributed by atoms with Crippen molar-refractivity contribution in [3.8, 4) is 11.5 Å². The second kappa shape index (κ2) is 13.9. The van der Waals surface area contributed by atoms with Gasteiger partial charge in [0.1, 0.15) is 24.1 Å². The molecule has 0 aliphatic rings. The van der Waals surface area contributed by atoms with Crippen molar-refractivity contribution in [3.05, 3.63) is 83.4 Å². The highest BCUT2D eigenvalue weighted by molar-refractivity contribution is 7.92. The third-order valence-corrected chi connectivity index (χ3v) is 8.67. The van der Waals surface area contributed by atoms with Gasteiger partial charge in [-0.15, -0.1) is 0 Å². The minimum atomic E-state index is -4.27. The third kappa shape index (κ3) is 8.50. The molecule has 0 aliphatic carbocycles. The molecule has 0 saturated heterocycles. The zero-order valence-corrected chi connectivity index (χ0v) is 27.1. The van der Waals surface area contributed by atoms with Crippen molar-refractivity contribution >= 4 is 27.5 Å². The van der Waals surface area contributed by atoms with E-state index in [1.165, 1.54) is 37.3 Å². The molecule has 0 fully saturated rings. The standard InChI is InChI=1S/C33H43N3O6S/c1-9-28(32(38)34-33(4,5)6)35(21-25-14-10-23(2)11-15-25)31(37)22-36(29-20-26(41-7)16-19-30(29)42-8)43(39,40)27-17-12-24(3)13-18-27/h10-20,28H,9,21-22H2,1-8H3,(H,34,38). The molecule has 1 atom stereocenters. The van der Waals surface area contributed by atoms with E-state index in [-0.39, 0.29) is 28.8 Å². The molecule has 0 aromatic heterocycles. The van der Waals surface area contributed by atoms with E-state index >= 15 is 0 Å². The third-order valence-electron chi connectivity index (χ3n) is 6.90. The van der Waals surface area contributed by atoms with E-state index in [0.717, 1.165) is 21.0 Å². The Balaban J connectivity index is 2.16. The summed E-state index contributed by atoms with van der Waals surface area (Å²) in [6.45, 7) is 10.8. The molecular formula is C33H43N3O6S. The van der Waals surface area contributed by atoms with Crippen LogP contribution >= 0.6 is 0 Å². The fraction of sp³-hybridized carbons (Fsp3) is 0.394. The zero-order valence-electron chi connectivity index (χ0n) is 26.3. The number of nitrogens with one attached hydrogen (secondary N) is 1. The summed E-state index contributed by atoms with van der Waals surface area (Å²) in [6.07, 6.45) is 0.326. The first-order chi connectivity index (χ1) is 20.2. The fourth-order valence-corrected chi connectivity index (χ4v) is 6.02. The van der Waals surface area contributed by atoms with E-state index in [0.29, 0.717) is 12.2 Å². The lowest BCUT2D eigenvalue weighted by Gasteiger charge is -2.35. The quantitative estimate of drug-likeness (QED) is 0.301. The van der Waals surface area contributed by atoms with Crippen LogP contribution in [0.2, 0.25) is 0 Å². The SMILES string of the molecule is CCC(C(=O)NC(C)(C)C)N(Cc1ccc(C)cc1)C(=O)CN(c1cc(OC)ccc1OC)S(=O)(=O)c1ccc(C)cc1. The Morgan fingerprint density at radius 2 is 1.47 bits per heavy atom. The molecule has 9 nitrogen and oxygen atoms in total. The Morgan fingerprint density at radius 1 is 0.884 bits per heavy atom. The van der Waals surface area contributed by atoms with Crippen LogP contribution in [0.3, 0.4) is 0 Å². The summed E-state index contributed by atoms with van der Waals surface area (Å²) < 4.78 is 40.4. The lowest BCUT2D eigenvalue weighted by Crippen LogP contribution is -2.55. The average Bonchev–Trinajstić information content (AvgIpc) is 2.95. The van der Waals surface area contributed by atoms with Crippen molar-refractivity contribution < 1.29 is 27.5 Å². The van der Waals surface area contributed by atoms with Gasteiger partial charge in [0.25, 0.3) is 10.0 Å². The molecular weight excluding hydrogens is 566 g/mol. The van der Waals surface area contributed by atoms with Gasteiger partial charge < -0.3 is 19.7 Å². The number of amides is 2. The van der Waals surface area contributed by atoms with Crippen LogP contribution in [0.25, 0.3) is 0 Å². The van der Waals surface area contributed by atoms with E-state index in [9.17, 15) is 18.0 Å². The molecule has 1 N–H and O–H groups in total. The molecule has 0 bridgehead atoms. The Morgan fingerprint density at radius 3 is 1.98 bits per heavy atom. The summed E-state index contributed by atoms with van der Waals surface area (Å²) in [5, 5.41) is 2.98. The number of carbonyl (C=O) groups is 2. The molecule has 0 heterocycles. The Kier molecular flexibility index (Phi) is 10.9. The number of anilines is 1. The monoisotopic (exact) mass is 609 g/mol. The molecule has 43 heavy (non-hydrogen) atoms. The van der Waals surface area contributed by atoms with Crippen LogP contribution in [-0.2, 0) is 26.2 Å². The van der Waals surface area contributed by atoms with Crippen molar-refractivity contribution in [2.45, 2.75) is 71.0 Å². The van der Waals surface area contributed by atoms with Gasteiger partial charge in [-0.3, -0.25) is 13.9 Å². The number of rotatable bonds is 12. The molecule has 232 valence electrons. The number of ether oxygens (including phenoxy) is 2. The van der Waals surface area contributed by atoms with Crippen molar-refractivity contribution in [2.75, 3.05) is 25.1 Å². The number of hydrogen-bond donors (Lipinski definition) is 1. The summed E-state index contributed by atoms with van der Waals surface area (Å²) in [4.78, 5) is 29.3. The normalized spacial score (nSPS) is 12.3. The first-order valence-corrected chi connectivity index (χ1v) is 15.6. The number of sulfonamides is 1. The maximum atomic E-state index is 14.3. The zero-order chi connectivity index (χ0) is 31.9. The van der Waals surface area contributed by atoms with Crippen LogP contribution in [0.4, 0.5) is 5.69 Å². The minimum absolute atomic E-state index is 0.0124. The molecule has 2 amide bonds. The highest BCUT2D eigenvalue weighted by Crippen LogP contribution is 2.36. The molecule has 0 spiro atoms. The largest absolute Gasteiger partial charge is 0.497 e. The number of methoxy groups -OCH3 is 2. The smallest absolute Gasteiger partial charge is 0.264 e. The van der Waals surface area contributed by atoms with E-state index in [4.69, 9.17) is 9.47 Å². The summed E-state index contributed by atoms with van der Waals surface area (Å²) in [7, 11) is -1.37. The lowest BCUT2D eigenvalue weighted by atomic mass is 10.1. The van der Waals surface area contributed by atoms with Crippen LogP contribution < -0.4 is 19.1 Å². The van der Waals surface area contributed by atoms with Crippen LogP contribution in [-0.4, -0.2) is 57.5 Å². The first-order valence-electron chi connectivity index (χ1n) is 14.2. The molecule has 1 unspecified atom stereocenters. The maximum Gasteiger partial charge on any atom is 0.264 e. The molecule has 0 saturated carbocycles. The van der Waals surface area contributed by atoms with Crippen LogP contribution in [0, 0.1) is 13.8 Å². The number of benzene rings is 3. The molecule has 3 rings (SSSR count). The molecule has 10 heteroatoms. The van der Waals surface area contributed by atoms with Crippen molar-refractivity contribution in [1.29, 1.82) is 0 Å². The number of carbonyl (C=O) groups excluding carboxylic acids is 2. The number of nitrogens with zero attached hydrogens (tertiary/aromatic N) is 2. The highest BCUT2D eigenvalue weighted by atomic mass is 32.2. The van der Waals surface area contributed by atoms with E-state index in [2.05, 4.69) is 5.32 Å². The van der Waals surface area contributed by atoms with Gasteiger partial charge in [-0.25, -0.2) is 8.42 Å². The van der Waals surface area contributed by atoms with Crippen molar-refractivity contribution in [2.24, 2.45) is 0 Å². The number of hydrogen-bond acceptors (Lipinski definition) is 6. The van der Waals surface area contributed by atoms with Gasteiger partial charge in [-0.05, 0) is 70.9 Å². The van der Waals surface area contributed by atoms with Gasteiger partial charge in [0.05, 0.1) is 24.8 Å². The molecule has 0 aliphatic heterocycles. The number of aryl methyl sites for hydroxylation is 2. The maximum absolute atomic E-state index is 14.3. The highest BCUT2D eigenvalue weighted by Gasteiger charge is 2.35. The van der Waals surface area contributed by atoms with Gasteiger partial charge >= 0.3 is 0 Å². The van der Waals surface area contributed by atoms with E-state index < -0.39 is 34.1 Å². The van der Waals surface area contributed by atoms with Crippen molar-refractivity contribution in [1.82, 2.24) is 10.2 Å². The van der Waals surface area contributed by atoms with Gasteiger partial charge in [0, 0.05) is 18.2 Å². The summed E-state index contributed by atoms with van der Waals surface area (Å²) in [5.41, 5.74) is 2.36. The van der Waals surface area contributed by atoms with Gasteiger partial charge in [-0.1, -0.05) is 54.4 Å². The van der Waals surface area contributed by atoms with Gasteiger partial charge in [0.2, 0.25) is 11.8 Å². The Hall–Kier alpha value is -4.05. The second-order valence-corrected chi connectivity index (χ2v) is 13.4. The lowest BCUT2D eigenvalue weighted by molar-refractivity contribution is -0.141. The van der Waals surface area contributed by atoms with E-state index in [1.807, 2.05) is 65.8 Å². The molecule has 3 aromatic carbocycles. The molecule has 3 aromatic rings. The first kappa shape index (κ1) is 33.5. The Bertz CT molecular complexity index is 1510. The predicted octanol–water partition coefficient (Wildman–Crippen LogP) is 5.24. The summed E-state index contributed by atoms with van der Waals surface area (Å²) in [6, 6.07) is 18.0. The summed E-state index contributed by atoms with van der Waals surface area (Å²) in [5.74, 6) is -0.230. The average molecular weight is 610 g/mol. The molecule has 0 radical (unpaired) electrons.